The van der Waals surface area contributed by atoms with Crippen LogP contribution >= 0.6 is 0 Å². The molecule has 0 bridgehead atoms. The average molecular weight is 199 g/mol. The molecule has 4 heteroatoms. The SMILES string of the molecule is CCC(C(=O)O)C1CCN(C)C(=O)C1. The molecule has 0 radical (unpaired) electrons. The molecule has 2 atom stereocenters. The van der Waals surface area contributed by atoms with Crippen molar-refractivity contribution in [3.63, 3.8) is 0 Å². The zero-order valence-electron chi connectivity index (χ0n) is 8.69. The predicted octanol–water partition coefficient (Wildman–Crippen LogP) is 0.966. The maximum absolute atomic E-state index is 11.4. The zero-order chi connectivity index (χ0) is 10.7. The van der Waals surface area contributed by atoms with E-state index in [0.717, 1.165) is 6.42 Å². The molecule has 1 aliphatic rings. The quantitative estimate of drug-likeness (QED) is 0.736. The monoisotopic (exact) mass is 199 g/mol. The van der Waals surface area contributed by atoms with Gasteiger partial charge in [-0.15, -0.1) is 0 Å². The minimum absolute atomic E-state index is 0.0289. The molecular formula is C10H17NO3. The van der Waals surface area contributed by atoms with Crippen molar-refractivity contribution in [2.24, 2.45) is 11.8 Å². The van der Waals surface area contributed by atoms with Crippen LogP contribution in [0.2, 0.25) is 0 Å². The Morgan fingerprint density at radius 3 is 2.79 bits per heavy atom. The third kappa shape index (κ3) is 2.25. The van der Waals surface area contributed by atoms with Gasteiger partial charge in [-0.25, -0.2) is 0 Å². The third-order valence-electron chi connectivity index (χ3n) is 3.02. The van der Waals surface area contributed by atoms with Crippen LogP contribution in [0.3, 0.4) is 0 Å². The molecule has 1 amide bonds. The molecule has 14 heavy (non-hydrogen) atoms. The van der Waals surface area contributed by atoms with E-state index in [1.54, 1.807) is 11.9 Å². The van der Waals surface area contributed by atoms with E-state index < -0.39 is 5.97 Å². The van der Waals surface area contributed by atoms with E-state index in [1.165, 1.54) is 0 Å². The molecule has 0 aromatic heterocycles. The van der Waals surface area contributed by atoms with Crippen LogP contribution in [0, 0.1) is 11.8 Å². The van der Waals surface area contributed by atoms with Gasteiger partial charge < -0.3 is 10.0 Å². The number of rotatable bonds is 3. The predicted molar refractivity (Wildman–Crippen MR) is 51.8 cm³/mol. The van der Waals surface area contributed by atoms with Crippen molar-refractivity contribution < 1.29 is 14.7 Å². The molecule has 80 valence electrons. The molecule has 0 aromatic rings. The van der Waals surface area contributed by atoms with E-state index in [-0.39, 0.29) is 17.7 Å². The normalized spacial score (nSPS) is 24.9. The lowest BCUT2D eigenvalue weighted by Crippen LogP contribution is -2.39. The second kappa shape index (κ2) is 4.44. The molecular weight excluding hydrogens is 182 g/mol. The molecule has 1 aliphatic heterocycles. The first-order chi connectivity index (χ1) is 6.56. The first-order valence-electron chi connectivity index (χ1n) is 5.03. The van der Waals surface area contributed by atoms with Gasteiger partial charge in [0.15, 0.2) is 0 Å². The van der Waals surface area contributed by atoms with Gasteiger partial charge in [0.2, 0.25) is 5.91 Å². The Balaban J connectivity index is 2.61. The number of hydrogen-bond acceptors (Lipinski definition) is 2. The summed E-state index contributed by atoms with van der Waals surface area (Å²) in [5.74, 6) is -1.02. The zero-order valence-corrected chi connectivity index (χ0v) is 8.69. The summed E-state index contributed by atoms with van der Waals surface area (Å²) in [5, 5.41) is 8.95. The second-order valence-corrected chi connectivity index (χ2v) is 3.92. The number of hydrogen-bond donors (Lipinski definition) is 1. The van der Waals surface area contributed by atoms with Gasteiger partial charge in [-0.2, -0.15) is 0 Å². The van der Waals surface area contributed by atoms with Crippen LogP contribution in [0.5, 0.6) is 0 Å². The third-order valence-corrected chi connectivity index (χ3v) is 3.02. The number of likely N-dealkylation sites (tertiary alicyclic amines) is 1. The first-order valence-corrected chi connectivity index (χ1v) is 5.03. The maximum Gasteiger partial charge on any atom is 0.306 e. The van der Waals surface area contributed by atoms with Gasteiger partial charge in [0.1, 0.15) is 0 Å². The fourth-order valence-corrected chi connectivity index (χ4v) is 2.02. The van der Waals surface area contributed by atoms with E-state index >= 15 is 0 Å². The Morgan fingerprint density at radius 2 is 2.36 bits per heavy atom. The molecule has 1 fully saturated rings. The van der Waals surface area contributed by atoms with Crippen molar-refractivity contribution in [3.8, 4) is 0 Å². The molecule has 2 unspecified atom stereocenters. The van der Waals surface area contributed by atoms with Gasteiger partial charge in [0.05, 0.1) is 5.92 Å². The van der Waals surface area contributed by atoms with Gasteiger partial charge in [0.25, 0.3) is 0 Å². The Hall–Kier alpha value is -1.06. The minimum atomic E-state index is -0.769. The second-order valence-electron chi connectivity index (χ2n) is 3.92. The summed E-state index contributed by atoms with van der Waals surface area (Å²) in [5.41, 5.74) is 0. The van der Waals surface area contributed by atoms with Crippen molar-refractivity contribution in [1.29, 1.82) is 0 Å². The Bertz CT molecular complexity index is 240. The fourth-order valence-electron chi connectivity index (χ4n) is 2.02. The van der Waals surface area contributed by atoms with Gasteiger partial charge in [-0.05, 0) is 18.8 Å². The van der Waals surface area contributed by atoms with Crippen molar-refractivity contribution in [3.05, 3.63) is 0 Å². The van der Waals surface area contributed by atoms with E-state index in [0.29, 0.717) is 19.4 Å². The van der Waals surface area contributed by atoms with Crippen LogP contribution in [0.4, 0.5) is 0 Å². The minimum Gasteiger partial charge on any atom is -0.481 e. The smallest absolute Gasteiger partial charge is 0.306 e. The fraction of sp³-hybridized carbons (Fsp3) is 0.800. The molecule has 1 rings (SSSR count). The summed E-state index contributed by atoms with van der Waals surface area (Å²) in [7, 11) is 1.76. The van der Waals surface area contributed by atoms with E-state index in [4.69, 9.17) is 5.11 Å². The van der Waals surface area contributed by atoms with Crippen LogP contribution in [0.15, 0.2) is 0 Å². The first kappa shape index (κ1) is 11.0. The number of carbonyl (C=O) groups excluding carboxylic acids is 1. The Kier molecular flexibility index (Phi) is 3.49. The summed E-state index contributed by atoms with van der Waals surface area (Å²) in [6.45, 7) is 2.55. The Morgan fingerprint density at radius 1 is 1.71 bits per heavy atom. The standard InChI is InChI=1S/C10H17NO3/c1-3-8(10(13)14)7-4-5-11(2)9(12)6-7/h7-8H,3-6H2,1-2H3,(H,13,14). The molecule has 0 aliphatic carbocycles. The lowest BCUT2D eigenvalue weighted by atomic mass is 9.82. The lowest BCUT2D eigenvalue weighted by Gasteiger charge is -2.31. The largest absolute Gasteiger partial charge is 0.481 e. The van der Waals surface area contributed by atoms with Gasteiger partial charge in [0, 0.05) is 20.0 Å². The molecule has 0 spiro atoms. The maximum atomic E-state index is 11.4. The number of aliphatic carboxylic acids is 1. The highest BCUT2D eigenvalue weighted by Gasteiger charge is 2.32. The number of carboxylic acids is 1. The highest BCUT2D eigenvalue weighted by atomic mass is 16.4. The van der Waals surface area contributed by atoms with E-state index in [1.807, 2.05) is 6.92 Å². The van der Waals surface area contributed by atoms with Gasteiger partial charge in [-0.3, -0.25) is 9.59 Å². The van der Waals surface area contributed by atoms with Crippen molar-refractivity contribution in [1.82, 2.24) is 4.90 Å². The van der Waals surface area contributed by atoms with Crippen LogP contribution in [-0.4, -0.2) is 35.5 Å². The average Bonchev–Trinajstić information content (AvgIpc) is 2.11. The summed E-state index contributed by atoms with van der Waals surface area (Å²) in [6, 6.07) is 0. The van der Waals surface area contributed by atoms with E-state index in [9.17, 15) is 9.59 Å². The molecule has 0 aromatic carbocycles. The molecule has 1 saturated heterocycles. The number of carboxylic acid groups (broad SMARTS) is 1. The summed E-state index contributed by atoms with van der Waals surface area (Å²) >= 11 is 0. The van der Waals surface area contributed by atoms with Crippen LogP contribution in [0.1, 0.15) is 26.2 Å². The van der Waals surface area contributed by atoms with Gasteiger partial charge in [-0.1, -0.05) is 6.92 Å². The van der Waals surface area contributed by atoms with Crippen LogP contribution < -0.4 is 0 Å². The van der Waals surface area contributed by atoms with E-state index in [2.05, 4.69) is 0 Å². The molecule has 1 heterocycles. The summed E-state index contributed by atoms with van der Waals surface area (Å²) in [4.78, 5) is 23.9. The summed E-state index contributed by atoms with van der Waals surface area (Å²) in [6.07, 6.45) is 1.81. The number of carbonyl (C=O) groups is 2. The Labute approximate surface area is 83.9 Å². The number of amides is 1. The van der Waals surface area contributed by atoms with Crippen molar-refractivity contribution >= 4 is 11.9 Å². The summed E-state index contributed by atoms with van der Waals surface area (Å²) < 4.78 is 0. The number of nitrogens with zero attached hydrogens (tertiary/aromatic N) is 1. The van der Waals surface area contributed by atoms with Crippen molar-refractivity contribution in [2.45, 2.75) is 26.2 Å². The highest BCUT2D eigenvalue weighted by molar-refractivity contribution is 5.78. The lowest BCUT2D eigenvalue weighted by molar-refractivity contribution is -0.146. The van der Waals surface area contributed by atoms with Crippen LogP contribution in [-0.2, 0) is 9.59 Å². The highest BCUT2D eigenvalue weighted by Crippen LogP contribution is 2.27. The number of piperidine rings is 1. The molecule has 0 saturated carbocycles. The van der Waals surface area contributed by atoms with Gasteiger partial charge >= 0.3 is 5.97 Å². The van der Waals surface area contributed by atoms with Crippen molar-refractivity contribution in [2.75, 3.05) is 13.6 Å². The molecule has 4 nitrogen and oxygen atoms in total. The molecule has 1 N–H and O–H groups in total. The topological polar surface area (TPSA) is 57.6 Å². The van der Waals surface area contributed by atoms with Crippen LogP contribution in [0.25, 0.3) is 0 Å².